The van der Waals surface area contributed by atoms with Gasteiger partial charge in [0.2, 0.25) is 0 Å². The maximum absolute atomic E-state index is 11.6. The SMILES string of the molecule is CC(C)NC(=O)c1ccc(N)cc1Cl.Cl. The number of rotatable bonds is 2. The Hall–Kier alpha value is -0.930. The van der Waals surface area contributed by atoms with Crippen LogP contribution in [0.1, 0.15) is 24.2 Å². The number of hydrogen-bond donors (Lipinski definition) is 2. The molecule has 0 saturated heterocycles. The first kappa shape index (κ1) is 14.1. The highest BCUT2D eigenvalue weighted by Gasteiger charge is 2.10. The fourth-order valence-electron chi connectivity index (χ4n) is 1.06. The van der Waals surface area contributed by atoms with Crippen molar-refractivity contribution in [1.29, 1.82) is 0 Å². The van der Waals surface area contributed by atoms with E-state index < -0.39 is 0 Å². The number of carbonyl (C=O) groups excluding carboxylic acids is 1. The first-order valence-corrected chi connectivity index (χ1v) is 4.74. The highest BCUT2D eigenvalue weighted by atomic mass is 35.5. The molecule has 0 aromatic heterocycles. The maximum Gasteiger partial charge on any atom is 0.252 e. The molecule has 0 heterocycles. The van der Waals surface area contributed by atoms with Gasteiger partial charge < -0.3 is 11.1 Å². The molecule has 84 valence electrons. The lowest BCUT2D eigenvalue weighted by Crippen LogP contribution is -2.30. The first-order chi connectivity index (χ1) is 6.50. The zero-order chi connectivity index (χ0) is 10.7. The van der Waals surface area contributed by atoms with E-state index in [0.29, 0.717) is 16.3 Å². The summed E-state index contributed by atoms with van der Waals surface area (Å²) in [5.41, 5.74) is 6.52. The van der Waals surface area contributed by atoms with Crippen LogP contribution in [-0.2, 0) is 0 Å². The molecule has 0 fully saturated rings. The minimum absolute atomic E-state index is 0. The van der Waals surface area contributed by atoms with Gasteiger partial charge in [-0.15, -0.1) is 12.4 Å². The molecule has 1 rings (SSSR count). The highest BCUT2D eigenvalue weighted by molar-refractivity contribution is 6.34. The molecule has 5 heteroatoms. The van der Waals surface area contributed by atoms with E-state index in [-0.39, 0.29) is 24.4 Å². The average molecular weight is 249 g/mol. The van der Waals surface area contributed by atoms with Crippen LogP contribution in [0.25, 0.3) is 0 Å². The summed E-state index contributed by atoms with van der Waals surface area (Å²) >= 11 is 5.87. The van der Waals surface area contributed by atoms with Crippen molar-refractivity contribution >= 4 is 35.6 Å². The second kappa shape index (κ2) is 5.83. The first-order valence-electron chi connectivity index (χ1n) is 4.36. The van der Waals surface area contributed by atoms with Crippen molar-refractivity contribution in [3.8, 4) is 0 Å². The number of nitrogens with one attached hydrogen (secondary N) is 1. The van der Waals surface area contributed by atoms with E-state index in [1.807, 2.05) is 13.8 Å². The van der Waals surface area contributed by atoms with Gasteiger partial charge >= 0.3 is 0 Å². The molecule has 1 aromatic rings. The molecule has 0 unspecified atom stereocenters. The van der Waals surface area contributed by atoms with E-state index in [1.165, 1.54) is 0 Å². The van der Waals surface area contributed by atoms with Crippen molar-refractivity contribution in [3.05, 3.63) is 28.8 Å². The van der Waals surface area contributed by atoms with Gasteiger partial charge in [-0.2, -0.15) is 0 Å². The molecule has 0 spiro atoms. The van der Waals surface area contributed by atoms with Gasteiger partial charge in [0.25, 0.3) is 5.91 Å². The fourth-order valence-corrected chi connectivity index (χ4v) is 1.33. The number of halogens is 2. The molecule has 0 aliphatic carbocycles. The number of carbonyl (C=O) groups is 1. The van der Waals surface area contributed by atoms with E-state index in [2.05, 4.69) is 5.32 Å². The third kappa shape index (κ3) is 3.98. The molecule has 1 amide bonds. The lowest BCUT2D eigenvalue weighted by Gasteiger charge is -2.09. The predicted octanol–water partition coefficient (Wildman–Crippen LogP) is 2.48. The molecule has 0 atom stereocenters. The quantitative estimate of drug-likeness (QED) is 0.791. The summed E-state index contributed by atoms with van der Waals surface area (Å²) in [6, 6.07) is 4.93. The molecule has 3 N–H and O–H groups in total. The third-order valence-electron chi connectivity index (χ3n) is 1.66. The molecular weight excluding hydrogens is 235 g/mol. The normalized spacial score (nSPS) is 9.60. The van der Waals surface area contributed by atoms with Gasteiger partial charge in [-0.05, 0) is 32.0 Å². The number of nitrogens with two attached hydrogens (primary N) is 1. The number of hydrogen-bond acceptors (Lipinski definition) is 2. The van der Waals surface area contributed by atoms with Crippen LogP contribution in [0.4, 0.5) is 5.69 Å². The van der Waals surface area contributed by atoms with Gasteiger partial charge in [0.1, 0.15) is 0 Å². The number of amides is 1. The van der Waals surface area contributed by atoms with Gasteiger partial charge in [0.05, 0.1) is 10.6 Å². The van der Waals surface area contributed by atoms with Crippen molar-refractivity contribution in [3.63, 3.8) is 0 Å². The predicted molar refractivity (Wildman–Crippen MR) is 65.7 cm³/mol. The lowest BCUT2D eigenvalue weighted by molar-refractivity contribution is 0.0943. The minimum Gasteiger partial charge on any atom is -0.399 e. The summed E-state index contributed by atoms with van der Waals surface area (Å²) in [4.78, 5) is 11.6. The van der Waals surface area contributed by atoms with Crippen LogP contribution in [-0.4, -0.2) is 11.9 Å². The second-order valence-electron chi connectivity index (χ2n) is 3.37. The Balaban J connectivity index is 0.00000196. The zero-order valence-electron chi connectivity index (χ0n) is 8.58. The fraction of sp³-hybridized carbons (Fsp3) is 0.300. The van der Waals surface area contributed by atoms with Crippen molar-refractivity contribution in [2.75, 3.05) is 5.73 Å². The van der Waals surface area contributed by atoms with Crippen molar-refractivity contribution in [2.45, 2.75) is 19.9 Å². The van der Waals surface area contributed by atoms with Crippen LogP contribution >= 0.6 is 24.0 Å². The van der Waals surface area contributed by atoms with E-state index in [1.54, 1.807) is 18.2 Å². The van der Waals surface area contributed by atoms with Crippen molar-refractivity contribution in [2.24, 2.45) is 0 Å². The molecule has 3 nitrogen and oxygen atoms in total. The number of benzene rings is 1. The standard InChI is InChI=1S/C10H13ClN2O.ClH/c1-6(2)13-10(14)8-4-3-7(12)5-9(8)11;/h3-6H,12H2,1-2H3,(H,13,14);1H. The van der Waals surface area contributed by atoms with Gasteiger partial charge in [-0.3, -0.25) is 4.79 Å². The molecule has 1 aromatic carbocycles. The van der Waals surface area contributed by atoms with E-state index in [4.69, 9.17) is 17.3 Å². The van der Waals surface area contributed by atoms with Crippen LogP contribution in [0.2, 0.25) is 5.02 Å². The molecular formula is C10H14Cl2N2O. The smallest absolute Gasteiger partial charge is 0.252 e. The summed E-state index contributed by atoms with van der Waals surface area (Å²) in [7, 11) is 0. The number of nitrogen functional groups attached to an aromatic ring is 1. The van der Waals surface area contributed by atoms with Crippen LogP contribution in [0, 0.1) is 0 Å². The van der Waals surface area contributed by atoms with E-state index >= 15 is 0 Å². The summed E-state index contributed by atoms with van der Waals surface area (Å²) in [5, 5.41) is 3.13. The summed E-state index contributed by atoms with van der Waals surface area (Å²) in [5.74, 6) is -0.176. The van der Waals surface area contributed by atoms with Crippen LogP contribution in [0.5, 0.6) is 0 Å². The second-order valence-corrected chi connectivity index (χ2v) is 3.77. The van der Waals surface area contributed by atoms with Crippen LogP contribution < -0.4 is 11.1 Å². The Morgan fingerprint density at radius 2 is 2.07 bits per heavy atom. The third-order valence-corrected chi connectivity index (χ3v) is 1.97. The Morgan fingerprint density at radius 1 is 1.47 bits per heavy atom. The monoisotopic (exact) mass is 248 g/mol. The van der Waals surface area contributed by atoms with E-state index in [0.717, 1.165) is 0 Å². The van der Waals surface area contributed by atoms with Gasteiger partial charge in [0, 0.05) is 11.7 Å². The molecule has 0 saturated carbocycles. The minimum atomic E-state index is -0.176. The van der Waals surface area contributed by atoms with Crippen LogP contribution in [0.3, 0.4) is 0 Å². The molecule has 0 bridgehead atoms. The Kier molecular flexibility index (Phi) is 5.47. The molecule has 0 radical (unpaired) electrons. The zero-order valence-corrected chi connectivity index (χ0v) is 10.2. The van der Waals surface area contributed by atoms with Gasteiger partial charge in [0.15, 0.2) is 0 Å². The Morgan fingerprint density at radius 3 is 2.53 bits per heavy atom. The molecule has 0 aliphatic rings. The average Bonchev–Trinajstić information content (AvgIpc) is 2.01. The number of anilines is 1. The van der Waals surface area contributed by atoms with Crippen molar-refractivity contribution in [1.82, 2.24) is 5.32 Å². The van der Waals surface area contributed by atoms with Crippen LogP contribution in [0.15, 0.2) is 18.2 Å². The summed E-state index contributed by atoms with van der Waals surface area (Å²) in [6.07, 6.45) is 0. The largest absolute Gasteiger partial charge is 0.399 e. The maximum atomic E-state index is 11.6. The Bertz CT molecular complexity index is 353. The molecule has 15 heavy (non-hydrogen) atoms. The summed E-state index contributed by atoms with van der Waals surface area (Å²) < 4.78 is 0. The van der Waals surface area contributed by atoms with Gasteiger partial charge in [-0.25, -0.2) is 0 Å². The summed E-state index contributed by atoms with van der Waals surface area (Å²) in [6.45, 7) is 3.78. The lowest BCUT2D eigenvalue weighted by atomic mass is 10.2. The molecule has 0 aliphatic heterocycles. The topological polar surface area (TPSA) is 55.1 Å². The Labute approximate surface area is 100 Å². The van der Waals surface area contributed by atoms with Crippen molar-refractivity contribution < 1.29 is 4.79 Å². The van der Waals surface area contributed by atoms with Gasteiger partial charge in [-0.1, -0.05) is 11.6 Å². The van der Waals surface area contributed by atoms with E-state index in [9.17, 15) is 4.79 Å². The highest BCUT2D eigenvalue weighted by Crippen LogP contribution is 2.18.